The molecule has 0 unspecified atom stereocenters. The fraction of sp³-hybridized carbons (Fsp3) is 0.474. The first kappa shape index (κ1) is 51.0. The number of nitrogen functional groups attached to an aromatic ring is 6. The van der Waals surface area contributed by atoms with Gasteiger partial charge in [0.15, 0.2) is 17.5 Å². The molecular weight excluding hydrogens is 765 g/mol. The molecule has 0 aliphatic heterocycles. The van der Waals surface area contributed by atoms with Gasteiger partial charge < -0.3 is 34.4 Å². The van der Waals surface area contributed by atoms with Crippen LogP contribution in [0.4, 0.5) is 35.3 Å². The number of aromatic nitrogens is 16. The number of anilines is 6. The van der Waals surface area contributed by atoms with Gasteiger partial charge in [-0.3, -0.25) is 0 Å². The summed E-state index contributed by atoms with van der Waals surface area (Å²) in [5, 5.41) is 29.6. The highest BCUT2D eigenvalue weighted by molar-refractivity contribution is 5.29. The summed E-state index contributed by atoms with van der Waals surface area (Å²) in [6, 6.07) is 5.71. The van der Waals surface area contributed by atoms with Crippen LogP contribution in [0, 0.1) is 0 Å². The second-order valence-corrected chi connectivity index (χ2v) is 14.6. The maximum absolute atomic E-state index is 5.49. The van der Waals surface area contributed by atoms with Crippen LogP contribution in [0.15, 0.2) is 49.3 Å². The molecule has 0 aromatic carbocycles. The number of hydrogen-bond acceptors (Lipinski definition) is 22. The van der Waals surface area contributed by atoms with Crippen LogP contribution in [-0.2, 0) is 0 Å². The lowest BCUT2D eigenvalue weighted by molar-refractivity contribution is 0.738. The van der Waals surface area contributed by atoms with Crippen LogP contribution >= 0.6 is 0 Å². The Morgan fingerprint density at radius 3 is 1.37 bits per heavy atom. The third-order valence-corrected chi connectivity index (χ3v) is 7.11. The molecule has 0 bridgehead atoms. The molecule has 0 amide bonds. The molecule has 60 heavy (non-hydrogen) atoms. The summed E-state index contributed by atoms with van der Waals surface area (Å²) in [5.41, 5.74) is 34.9. The predicted octanol–water partition coefficient (Wildman–Crippen LogP) is 4.67. The molecular formula is C38H62N22. The number of nitrogens with zero attached hydrogens (tertiary/aromatic N) is 16. The normalized spacial score (nSPS) is 10.3. The van der Waals surface area contributed by atoms with Gasteiger partial charge in [-0.25, -0.2) is 34.9 Å². The number of pyridine rings is 1. The molecule has 0 fully saturated rings. The number of nitrogens with two attached hydrogens (primary N) is 6. The molecule has 12 N–H and O–H groups in total. The van der Waals surface area contributed by atoms with Crippen molar-refractivity contribution in [3.63, 3.8) is 0 Å². The minimum atomic E-state index is 0.226. The molecule has 6 heterocycles. The molecule has 0 aliphatic rings. The third-order valence-electron chi connectivity index (χ3n) is 7.11. The van der Waals surface area contributed by atoms with Crippen molar-refractivity contribution in [3.05, 3.63) is 83.9 Å². The minimum Gasteiger partial charge on any atom is -0.384 e. The van der Waals surface area contributed by atoms with Gasteiger partial charge in [-0.05, 0) is 29.9 Å². The smallest absolute Gasteiger partial charge is 0.240 e. The first-order chi connectivity index (χ1) is 28.2. The van der Waals surface area contributed by atoms with Gasteiger partial charge in [0, 0.05) is 23.4 Å². The van der Waals surface area contributed by atoms with E-state index in [9.17, 15) is 0 Å². The molecule has 0 atom stereocenters. The summed E-state index contributed by atoms with van der Waals surface area (Å²) in [6.45, 7) is 24.3. The second-order valence-electron chi connectivity index (χ2n) is 14.6. The van der Waals surface area contributed by atoms with Crippen molar-refractivity contribution in [1.82, 2.24) is 80.7 Å². The molecule has 22 heteroatoms. The van der Waals surface area contributed by atoms with Crippen LogP contribution in [0.3, 0.4) is 0 Å². The molecule has 0 saturated carbocycles. The summed E-state index contributed by atoms with van der Waals surface area (Å²) < 4.78 is 0. The van der Waals surface area contributed by atoms with E-state index in [4.69, 9.17) is 34.4 Å². The van der Waals surface area contributed by atoms with Crippen LogP contribution in [0.1, 0.15) is 153 Å². The van der Waals surface area contributed by atoms with Crippen molar-refractivity contribution in [1.29, 1.82) is 0 Å². The van der Waals surface area contributed by atoms with E-state index in [-0.39, 0.29) is 17.8 Å². The van der Waals surface area contributed by atoms with Crippen molar-refractivity contribution in [2.75, 3.05) is 34.4 Å². The van der Waals surface area contributed by atoms with E-state index in [1.54, 1.807) is 18.5 Å². The van der Waals surface area contributed by atoms with Crippen molar-refractivity contribution in [2.45, 2.75) is 119 Å². The van der Waals surface area contributed by atoms with Gasteiger partial charge in [-0.2, -0.15) is 20.3 Å². The maximum Gasteiger partial charge on any atom is 0.240 e. The Morgan fingerprint density at radius 2 is 0.967 bits per heavy atom. The van der Waals surface area contributed by atoms with Crippen LogP contribution in [0.5, 0.6) is 0 Å². The summed E-state index contributed by atoms with van der Waals surface area (Å²) in [6.07, 6.45) is 7.65. The van der Waals surface area contributed by atoms with Gasteiger partial charge in [0.05, 0.1) is 36.2 Å². The fourth-order valence-electron chi connectivity index (χ4n) is 3.69. The Hall–Kier alpha value is -7.00. The molecule has 6 aromatic rings. The molecule has 22 nitrogen and oxygen atoms in total. The van der Waals surface area contributed by atoms with E-state index < -0.39 is 0 Å². The van der Waals surface area contributed by atoms with E-state index >= 15 is 0 Å². The number of hydrogen-bond donors (Lipinski definition) is 6. The Labute approximate surface area is 352 Å². The van der Waals surface area contributed by atoms with Crippen LogP contribution in [0.25, 0.3) is 0 Å². The Balaban J connectivity index is 0.000000360. The Morgan fingerprint density at radius 1 is 0.350 bits per heavy atom. The lowest BCUT2D eigenvalue weighted by atomic mass is 10.1. The van der Waals surface area contributed by atoms with Gasteiger partial charge >= 0.3 is 0 Å². The topological polar surface area (TPSA) is 362 Å². The molecule has 0 aliphatic carbocycles. The van der Waals surface area contributed by atoms with Gasteiger partial charge in [-0.1, -0.05) is 89.2 Å². The van der Waals surface area contributed by atoms with E-state index in [0.717, 1.165) is 28.7 Å². The van der Waals surface area contributed by atoms with E-state index in [1.165, 1.54) is 18.7 Å². The van der Waals surface area contributed by atoms with Crippen molar-refractivity contribution in [2.24, 2.45) is 0 Å². The predicted molar refractivity (Wildman–Crippen MR) is 234 cm³/mol. The van der Waals surface area contributed by atoms with E-state index in [0.29, 0.717) is 58.8 Å². The zero-order chi connectivity index (χ0) is 45.4. The first-order valence-electron chi connectivity index (χ1n) is 19.2. The zero-order valence-electron chi connectivity index (χ0n) is 36.7. The standard InChI is InChI=1S/C8H12N2.5C6H10N4/c1-6(2)7-4-3-5-8(9)10-7;1-4(2)5-8-3-9-6(7)10-5;1-4(2)6-9-5(7)3-8-10-6;1-4(2)6-8-3-5(7)9-10-6;1-4(2)5-3-8-10-6(7)9-5;1-4(2)5-3-8-6(7)10-9-5/h3-6H,1-2H3,(H2,9,10);3-4H,1-2H3,(H2,7,8,9,10);3-4H,1-2H3,(H2,7,9,10);3-4H,1-2H3,(H2,7,9);3-4H,1-2H3,(H2,7,9,10);3-4H,1-2H3,(H2,7,8,10). The van der Waals surface area contributed by atoms with Crippen LogP contribution in [-0.4, -0.2) is 80.7 Å². The fourth-order valence-corrected chi connectivity index (χ4v) is 3.69. The Kier molecular flexibility index (Phi) is 22.8. The quantitative estimate of drug-likeness (QED) is 0.133. The second kappa shape index (κ2) is 26.8. The number of rotatable bonds is 6. The van der Waals surface area contributed by atoms with E-state index in [2.05, 4.69) is 94.5 Å². The van der Waals surface area contributed by atoms with Gasteiger partial charge in [-0.15, -0.1) is 25.5 Å². The summed E-state index contributed by atoms with van der Waals surface area (Å²) in [4.78, 5) is 31.4. The summed E-state index contributed by atoms with van der Waals surface area (Å²) in [5.74, 6) is 6.42. The SMILES string of the molecule is CC(C)c1cccc(N)n1.CC(C)c1cnc(N)nn1.CC(C)c1cnnc(N)n1.CC(C)c1ncc(N)nn1.CC(C)c1ncnc(N)n1.CC(C)c1nncc(N)n1. The monoisotopic (exact) mass is 827 g/mol. The molecule has 0 saturated heterocycles. The van der Waals surface area contributed by atoms with Gasteiger partial charge in [0.25, 0.3) is 0 Å². The molecule has 6 rings (SSSR count). The molecule has 324 valence electrons. The third kappa shape index (κ3) is 21.5. The van der Waals surface area contributed by atoms with E-state index in [1.807, 2.05) is 81.4 Å². The average Bonchev–Trinajstić information content (AvgIpc) is 3.19. The molecule has 0 spiro atoms. The first-order valence-corrected chi connectivity index (χ1v) is 19.2. The maximum atomic E-state index is 5.49. The summed E-state index contributed by atoms with van der Waals surface area (Å²) >= 11 is 0. The highest BCUT2D eigenvalue weighted by Crippen LogP contribution is 2.12. The largest absolute Gasteiger partial charge is 0.384 e. The lowest BCUT2D eigenvalue weighted by Crippen LogP contribution is -2.02. The Bertz CT molecular complexity index is 1810. The zero-order valence-corrected chi connectivity index (χ0v) is 36.7. The van der Waals surface area contributed by atoms with Crippen LogP contribution < -0.4 is 34.4 Å². The minimum absolute atomic E-state index is 0.226. The van der Waals surface area contributed by atoms with Gasteiger partial charge in [0.2, 0.25) is 17.8 Å². The average molecular weight is 827 g/mol. The highest BCUT2D eigenvalue weighted by atomic mass is 15.2. The van der Waals surface area contributed by atoms with Crippen LogP contribution in [0.2, 0.25) is 0 Å². The van der Waals surface area contributed by atoms with Gasteiger partial charge in [0.1, 0.15) is 23.8 Å². The molecule has 6 aromatic heterocycles. The lowest BCUT2D eigenvalue weighted by Gasteiger charge is -2.02. The van der Waals surface area contributed by atoms with Crippen molar-refractivity contribution >= 4 is 35.3 Å². The van der Waals surface area contributed by atoms with Crippen molar-refractivity contribution in [3.8, 4) is 0 Å². The summed E-state index contributed by atoms with van der Waals surface area (Å²) in [7, 11) is 0. The van der Waals surface area contributed by atoms with Crippen molar-refractivity contribution < 1.29 is 0 Å². The molecule has 0 radical (unpaired) electrons. The highest BCUT2D eigenvalue weighted by Gasteiger charge is 2.04.